The number of carbonyl (C=O) groups is 1. The van der Waals surface area contributed by atoms with Crippen LogP contribution in [0.4, 0.5) is 5.82 Å². The van der Waals surface area contributed by atoms with Crippen LogP contribution in [0.15, 0.2) is 61.3 Å². The van der Waals surface area contributed by atoms with E-state index in [4.69, 9.17) is 0 Å². The van der Waals surface area contributed by atoms with Gasteiger partial charge in [0.1, 0.15) is 5.82 Å². The quantitative estimate of drug-likeness (QED) is 0.687. The number of piperidine rings is 1. The van der Waals surface area contributed by atoms with Crippen molar-refractivity contribution in [1.82, 2.24) is 24.6 Å². The van der Waals surface area contributed by atoms with Gasteiger partial charge in [0.05, 0.1) is 24.7 Å². The summed E-state index contributed by atoms with van der Waals surface area (Å²) in [5.41, 5.74) is 2.14. The molecule has 2 aliphatic heterocycles. The second kappa shape index (κ2) is 7.40. The molecule has 1 amide bonds. The maximum atomic E-state index is 13.2. The number of hydrogen-bond acceptors (Lipinski definition) is 5. The summed E-state index contributed by atoms with van der Waals surface area (Å²) in [6.07, 6.45) is 11.4. The number of anilines is 1. The zero-order valence-corrected chi connectivity index (χ0v) is 16.3. The molecule has 7 heteroatoms. The molecule has 2 aliphatic rings. The Hall–Kier alpha value is -3.06. The molecule has 0 atom stereocenters. The van der Waals surface area contributed by atoms with E-state index in [2.05, 4.69) is 36.8 Å². The molecular weight excluding hydrogens is 364 g/mol. The first-order valence-electron chi connectivity index (χ1n) is 10.1. The van der Waals surface area contributed by atoms with E-state index in [-0.39, 0.29) is 11.4 Å². The summed E-state index contributed by atoms with van der Waals surface area (Å²) >= 11 is 0. The van der Waals surface area contributed by atoms with Crippen molar-refractivity contribution in [3.05, 3.63) is 72.4 Å². The average Bonchev–Trinajstić information content (AvgIpc) is 3.25. The minimum atomic E-state index is -0.209. The summed E-state index contributed by atoms with van der Waals surface area (Å²) in [4.78, 5) is 25.6. The zero-order chi connectivity index (χ0) is 19.7. The normalized spacial score (nSPS) is 18.8. The van der Waals surface area contributed by atoms with Gasteiger partial charge in [-0.15, -0.1) is 0 Å². The number of likely N-dealkylation sites (tertiary alicyclic amines) is 1. The summed E-state index contributed by atoms with van der Waals surface area (Å²) in [7, 11) is 0. The third kappa shape index (κ3) is 3.42. The van der Waals surface area contributed by atoms with Gasteiger partial charge >= 0.3 is 0 Å². The molecule has 148 valence electrons. The summed E-state index contributed by atoms with van der Waals surface area (Å²) in [5, 5.41) is 4.65. The van der Waals surface area contributed by atoms with E-state index >= 15 is 0 Å². The highest BCUT2D eigenvalue weighted by Crippen LogP contribution is 2.41. The van der Waals surface area contributed by atoms with Crippen molar-refractivity contribution >= 4 is 11.7 Å². The number of rotatable bonds is 4. The zero-order valence-electron chi connectivity index (χ0n) is 16.3. The monoisotopic (exact) mass is 388 g/mol. The third-order valence-corrected chi connectivity index (χ3v) is 6.16. The Morgan fingerprint density at radius 2 is 1.45 bits per heavy atom. The fourth-order valence-electron chi connectivity index (χ4n) is 4.55. The van der Waals surface area contributed by atoms with Crippen molar-refractivity contribution in [1.29, 1.82) is 0 Å². The molecule has 0 saturated carbocycles. The van der Waals surface area contributed by atoms with Gasteiger partial charge < -0.3 is 0 Å². The summed E-state index contributed by atoms with van der Waals surface area (Å²) in [6, 6.07) is 10.0. The molecule has 1 spiro atoms. The fraction of sp³-hybridized carbons (Fsp3) is 0.364. The first-order valence-corrected chi connectivity index (χ1v) is 10.1. The summed E-state index contributed by atoms with van der Waals surface area (Å²) in [5.74, 6) is 1.08. The Kier molecular flexibility index (Phi) is 4.60. The largest absolute Gasteiger partial charge is 0.299 e. The number of carbonyl (C=O) groups excluding carboxylic acids is 1. The van der Waals surface area contributed by atoms with Gasteiger partial charge in [-0.25, -0.2) is 4.68 Å². The molecule has 5 heterocycles. The molecule has 0 N–H and O–H groups in total. The summed E-state index contributed by atoms with van der Waals surface area (Å²) in [6.45, 7) is 3.39. The van der Waals surface area contributed by atoms with Crippen LogP contribution in [0.2, 0.25) is 0 Å². The molecule has 5 rings (SSSR count). The molecule has 3 aromatic rings. The van der Waals surface area contributed by atoms with Gasteiger partial charge in [-0.2, -0.15) is 5.10 Å². The second-order valence-corrected chi connectivity index (χ2v) is 7.97. The van der Waals surface area contributed by atoms with Crippen LogP contribution in [0.5, 0.6) is 0 Å². The molecular formula is C22H24N6O. The van der Waals surface area contributed by atoms with E-state index in [9.17, 15) is 4.79 Å². The van der Waals surface area contributed by atoms with Crippen LogP contribution in [0.1, 0.15) is 30.4 Å². The van der Waals surface area contributed by atoms with Crippen LogP contribution in [0, 0.1) is 0 Å². The standard InChI is InChI=1S/C22H24N6O/c29-21-15-22(6-13-26(14-7-22)16-18-1-8-23-9-2-18)28-20(5-12-25-28)27(21)17-19-3-10-24-11-4-19/h1-5,8-12H,6-7,13-17H2. The fourth-order valence-corrected chi connectivity index (χ4v) is 4.55. The van der Waals surface area contributed by atoms with Crippen LogP contribution >= 0.6 is 0 Å². The van der Waals surface area contributed by atoms with Crippen molar-refractivity contribution < 1.29 is 4.79 Å². The van der Waals surface area contributed by atoms with Gasteiger partial charge in [-0.1, -0.05) is 0 Å². The highest BCUT2D eigenvalue weighted by molar-refractivity contribution is 5.94. The average molecular weight is 388 g/mol. The number of nitrogens with zero attached hydrogens (tertiary/aromatic N) is 6. The Balaban J connectivity index is 1.34. The van der Waals surface area contributed by atoms with Crippen LogP contribution in [-0.4, -0.2) is 43.6 Å². The third-order valence-electron chi connectivity index (χ3n) is 6.16. The van der Waals surface area contributed by atoms with Crippen molar-refractivity contribution in [3.63, 3.8) is 0 Å². The van der Waals surface area contributed by atoms with Gasteiger partial charge in [0.25, 0.3) is 0 Å². The molecule has 0 aromatic carbocycles. The van der Waals surface area contributed by atoms with Gasteiger partial charge in [-0.3, -0.25) is 24.6 Å². The lowest BCUT2D eigenvalue weighted by atomic mass is 9.82. The number of aromatic nitrogens is 4. The van der Waals surface area contributed by atoms with Crippen molar-refractivity contribution in [3.8, 4) is 0 Å². The lowest BCUT2D eigenvalue weighted by Crippen LogP contribution is -2.53. The van der Waals surface area contributed by atoms with E-state index in [1.807, 2.05) is 41.7 Å². The van der Waals surface area contributed by atoms with E-state index in [0.717, 1.165) is 43.9 Å². The maximum absolute atomic E-state index is 13.2. The molecule has 0 unspecified atom stereocenters. The van der Waals surface area contributed by atoms with Crippen LogP contribution in [0.25, 0.3) is 0 Å². The first kappa shape index (κ1) is 18.0. The molecule has 1 fully saturated rings. The molecule has 29 heavy (non-hydrogen) atoms. The van der Waals surface area contributed by atoms with E-state index in [1.54, 1.807) is 12.4 Å². The predicted molar refractivity (Wildman–Crippen MR) is 109 cm³/mol. The highest BCUT2D eigenvalue weighted by Gasteiger charge is 2.45. The van der Waals surface area contributed by atoms with Gasteiger partial charge in [0.2, 0.25) is 5.91 Å². The maximum Gasteiger partial charge on any atom is 0.230 e. The van der Waals surface area contributed by atoms with Crippen LogP contribution < -0.4 is 4.90 Å². The highest BCUT2D eigenvalue weighted by atomic mass is 16.2. The first-order chi connectivity index (χ1) is 14.2. The number of pyridine rings is 2. The van der Waals surface area contributed by atoms with Gasteiger partial charge in [-0.05, 0) is 48.2 Å². The predicted octanol–water partition coefficient (Wildman–Crippen LogP) is 2.60. The number of fused-ring (bicyclic) bond motifs is 2. The van der Waals surface area contributed by atoms with Crippen molar-refractivity contribution in [2.24, 2.45) is 0 Å². The Morgan fingerprint density at radius 3 is 2.10 bits per heavy atom. The number of hydrogen-bond donors (Lipinski definition) is 0. The minimum absolute atomic E-state index is 0.178. The molecule has 0 radical (unpaired) electrons. The Morgan fingerprint density at radius 1 is 0.828 bits per heavy atom. The van der Waals surface area contributed by atoms with E-state index in [0.29, 0.717) is 13.0 Å². The lowest BCUT2D eigenvalue weighted by molar-refractivity contribution is -0.123. The second-order valence-electron chi connectivity index (χ2n) is 7.97. The molecule has 0 aliphatic carbocycles. The van der Waals surface area contributed by atoms with Crippen molar-refractivity contribution in [2.45, 2.75) is 37.9 Å². The molecule has 7 nitrogen and oxygen atoms in total. The summed E-state index contributed by atoms with van der Waals surface area (Å²) < 4.78 is 2.11. The molecule has 3 aromatic heterocycles. The lowest BCUT2D eigenvalue weighted by Gasteiger charge is -2.46. The molecule has 0 bridgehead atoms. The molecule has 1 saturated heterocycles. The Labute approximate surface area is 170 Å². The topological polar surface area (TPSA) is 67.2 Å². The van der Waals surface area contributed by atoms with Crippen LogP contribution in [-0.2, 0) is 23.4 Å². The van der Waals surface area contributed by atoms with Crippen molar-refractivity contribution in [2.75, 3.05) is 18.0 Å². The van der Waals surface area contributed by atoms with E-state index < -0.39 is 0 Å². The SMILES string of the molecule is O=C1CC2(CCN(Cc3ccncc3)CC2)n2nccc2N1Cc1ccncc1. The number of amides is 1. The van der Waals surface area contributed by atoms with Gasteiger partial charge in [0.15, 0.2) is 0 Å². The Bertz CT molecular complexity index is 979. The van der Waals surface area contributed by atoms with E-state index in [1.165, 1.54) is 5.56 Å². The van der Waals surface area contributed by atoms with Gasteiger partial charge in [0, 0.05) is 50.5 Å². The van der Waals surface area contributed by atoms with Crippen LogP contribution in [0.3, 0.4) is 0 Å². The smallest absolute Gasteiger partial charge is 0.230 e. The minimum Gasteiger partial charge on any atom is -0.299 e.